The van der Waals surface area contributed by atoms with Crippen LogP contribution in [0.15, 0.2) is 24.4 Å². The van der Waals surface area contributed by atoms with Crippen LogP contribution in [0.5, 0.6) is 0 Å². The predicted molar refractivity (Wildman–Crippen MR) is 58.2 cm³/mol. The summed E-state index contributed by atoms with van der Waals surface area (Å²) < 4.78 is 37.9. The average Bonchev–Trinajstić information content (AvgIpc) is 2.64. The molecule has 0 radical (unpaired) electrons. The molecule has 3 N–H and O–H groups in total. The second kappa shape index (κ2) is 3.80. The largest absolute Gasteiger partial charge is 0.418 e. The average molecular weight is 241 g/mol. The Bertz CT molecular complexity index is 543. The van der Waals surface area contributed by atoms with Crippen molar-refractivity contribution in [3.63, 3.8) is 0 Å². The zero-order chi connectivity index (χ0) is 12.6. The van der Waals surface area contributed by atoms with Gasteiger partial charge in [0.15, 0.2) is 0 Å². The number of aryl methyl sites for hydroxylation is 1. The molecular formula is C11H10F3N3. The maximum Gasteiger partial charge on any atom is 0.418 e. The van der Waals surface area contributed by atoms with Gasteiger partial charge < -0.3 is 10.7 Å². The summed E-state index contributed by atoms with van der Waals surface area (Å²) in [5.41, 5.74) is 5.15. The van der Waals surface area contributed by atoms with E-state index in [0.29, 0.717) is 17.1 Å². The maximum atomic E-state index is 12.6. The molecule has 0 unspecified atom stereocenters. The lowest BCUT2D eigenvalue weighted by atomic mass is 10.1. The summed E-state index contributed by atoms with van der Waals surface area (Å²) in [5.74, 6) is 0.644. The van der Waals surface area contributed by atoms with Crippen molar-refractivity contribution >= 4 is 5.69 Å². The Morgan fingerprint density at radius 3 is 2.53 bits per heavy atom. The van der Waals surface area contributed by atoms with Gasteiger partial charge in [0, 0.05) is 11.3 Å². The fourth-order valence-electron chi connectivity index (χ4n) is 1.54. The van der Waals surface area contributed by atoms with E-state index >= 15 is 0 Å². The number of anilines is 1. The summed E-state index contributed by atoms with van der Waals surface area (Å²) in [5, 5.41) is 0. The van der Waals surface area contributed by atoms with Crippen molar-refractivity contribution in [2.75, 3.05) is 5.73 Å². The van der Waals surface area contributed by atoms with E-state index in [1.807, 2.05) is 0 Å². The van der Waals surface area contributed by atoms with E-state index in [-0.39, 0.29) is 5.69 Å². The van der Waals surface area contributed by atoms with E-state index in [1.165, 1.54) is 18.3 Å². The number of aromatic amines is 1. The van der Waals surface area contributed by atoms with Crippen molar-refractivity contribution in [3.05, 3.63) is 35.8 Å². The molecule has 0 saturated heterocycles. The highest BCUT2D eigenvalue weighted by Crippen LogP contribution is 2.35. The van der Waals surface area contributed by atoms with Gasteiger partial charge in [-0.15, -0.1) is 0 Å². The highest BCUT2D eigenvalue weighted by atomic mass is 19.4. The molecule has 2 rings (SSSR count). The van der Waals surface area contributed by atoms with Crippen LogP contribution in [0.2, 0.25) is 0 Å². The quantitative estimate of drug-likeness (QED) is 0.754. The number of rotatable bonds is 1. The van der Waals surface area contributed by atoms with Crippen LogP contribution in [0, 0.1) is 6.92 Å². The number of hydrogen-bond acceptors (Lipinski definition) is 2. The van der Waals surface area contributed by atoms with Gasteiger partial charge in [0.2, 0.25) is 0 Å². The molecule has 0 spiro atoms. The van der Waals surface area contributed by atoms with Gasteiger partial charge in [0.25, 0.3) is 0 Å². The first-order chi connectivity index (χ1) is 7.88. The molecule has 6 heteroatoms. The van der Waals surface area contributed by atoms with Crippen LogP contribution in [0.3, 0.4) is 0 Å². The molecule has 0 fully saturated rings. The van der Waals surface area contributed by atoms with E-state index in [4.69, 9.17) is 5.73 Å². The van der Waals surface area contributed by atoms with E-state index in [0.717, 1.165) is 6.07 Å². The van der Waals surface area contributed by atoms with E-state index in [9.17, 15) is 13.2 Å². The number of benzene rings is 1. The highest BCUT2D eigenvalue weighted by molar-refractivity contribution is 5.65. The third kappa shape index (κ3) is 2.25. The van der Waals surface area contributed by atoms with Crippen molar-refractivity contribution < 1.29 is 13.2 Å². The van der Waals surface area contributed by atoms with Crippen LogP contribution in [0.4, 0.5) is 18.9 Å². The second-order valence-electron chi connectivity index (χ2n) is 3.68. The molecular weight excluding hydrogens is 231 g/mol. The number of nitrogens with two attached hydrogens (primary N) is 1. The number of aromatic nitrogens is 2. The van der Waals surface area contributed by atoms with Crippen LogP contribution < -0.4 is 5.73 Å². The van der Waals surface area contributed by atoms with Gasteiger partial charge in [-0.3, -0.25) is 0 Å². The van der Waals surface area contributed by atoms with E-state index < -0.39 is 11.7 Å². The lowest BCUT2D eigenvalue weighted by molar-refractivity contribution is -0.136. The topological polar surface area (TPSA) is 54.7 Å². The second-order valence-corrected chi connectivity index (χ2v) is 3.68. The normalized spacial score (nSPS) is 11.8. The zero-order valence-corrected chi connectivity index (χ0v) is 8.97. The number of nitrogens with one attached hydrogen (secondary N) is 1. The fraction of sp³-hybridized carbons (Fsp3) is 0.182. The van der Waals surface area contributed by atoms with Crippen LogP contribution in [0.1, 0.15) is 11.4 Å². The minimum atomic E-state index is -4.45. The van der Waals surface area contributed by atoms with Gasteiger partial charge in [-0.2, -0.15) is 13.2 Å². The Morgan fingerprint density at radius 2 is 2.00 bits per heavy atom. The predicted octanol–water partition coefficient (Wildman–Crippen LogP) is 2.99. The van der Waals surface area contributed by atoms with Crippen LogP contribution >= 0.6 is 0 Å². The lowest BCUT2D eigenvalue weighted by Gasteiger charge is -2.11. The molecule has 1 aromatic heterocycles. The Hall–Kier alpha value is -1.98. The first-order valence-electron chi connectivity index (χ1n) is 4.86. The third-order valence-corrected chi connectivity index (χ3v) is 2.37. The summed E-state index contributed by atoms with van der Waals surface area (Å²) in [6.45, 7) is 1.73. The first-order valence-corrected chi connectivity index (χ1v) is 4.86. The Morgan fingerprint density at radius 1 is 1.29 bits per heavy atom. The van der Waals surface area contributed by atoms with Crippen molar-refractivity contribution in [2.24, 2.45) is 0 Å². The van der Waals surface area contributed by atoms with Gasteiger partial charge in [-0.1, -0.05) is 6.07 Å². The number of H-pyrrole nitrogens is 1. The number of nitrogens with zero attached hydrogens (tertiary/aromatic N) is 1. The molecule has 17 heavy (non-hydrogen) atoms. The van der Waals surface area contributed by atoms with Gasteiger partial charge in [-0.05, 0) is 19.1 Å². The number of nitrogen functional groups attached to an aromatic ring is 1. The van der Waals surface area contributed by atoms with E-state index in [2.05, 4.69) is 9.97 Å². The number of imidazole rings is 1. The fourth-order valence-corrected chi connectivity index (χ4v) is 1.54. The summed E-state index contributed by atoms with van der Waals surface area (Å²) in [4.78, 5) is 6.81. The molecule has 0 aliphatic carbocycles. The highest BCUT2D eigenvalue weighted by Gasteiger charge is 2.33. The standard InChI is InChI=1S/C11H10F3N3/c1-6-16-5-10(17-6)7-2-3-9(15)8(4-7)11(12,13)14/h2-5H,15H2,1H3,(H,16,17). The van der Waals surface area contributed by atoms with E-state index in [1.54, 1.807) is 6.92 Å². The van der Waals surface area contributed by atoms with Gasteiger partial charge in [0.05, 0.1) is 17.5 Å². The van der Waals surface area contributed by atoms with Crippen molar-refractivity contribution in [3.8, 4) is 11.3 Å². The summed E-state index contributed by atoms with van der Waals surface area (Å²) in [6.07, 6.45) is -2.96. The molecule has 90 valence electrons. The number of alkyl halides is 3. The molecule has 0 aliphatic heterocycles. The molecule has 0 amide bonds. The molecule has 1 heterocycles. The van der Waals surface area contributed by atoms with Gasteiger partial charge in [0.1, 0.15) is 5.82 Å². The maximum absolute atomic E-state index is 12.6. The molecule has 0 aliphatic rings. The molecule has 3 nitrogen and oxygen atoms in total. The molecule has 1 aromatic carbocycles. The van der Waals surface area contributed by atoms with Gasteiger partial charge >= 0.3 is 6.18 Å². The van der Waals surface area contributed by atoms with Crippen LogP contribution in [-0.4, -0.2) is 9.97 Å². The van der Waals surface area contributed by atoms with Crippen molar-refractivity contribution in [2.45, 2.75) is 13.1 Å². The summed E-state index contributed by atoms with van der Waals surface area (Å²) in [6, 6.07) is 3.79. The van der Waals surface area contributed by atoms with Crippen LogP contribution in [0.25, 0.3) is 11.3 Å². The van der Waals surface area contributed by atoms with Crippen molar-refractivity contribution in [1.82, 2.24) is 9.97 Å². The monoisotopic (exact) mass is 241 g/mol. The minimum absolute atomic E-state index is 0.280. The van der Waals surface area contributed by atoms with Crippen molar-refractivity contribution in [1.29, 1.82) is 0 Å². The van der Waals surface area contributed by atoms with Crippen LogP contribution in [-0.2, 0) is 6.18 Å². The Balaban J connectivity index is 2.51. The number of hydrogen-bond donors (Lipinski definition) is 2. The number of halogens is 3. The molecule has 0 bridgehead atoms. The first kappa shape index (κ1) is 11.5. The lowest BCUT2D eigenvalue weighted by Crippen LogP contribution is -2.08. The minimum Gasteiger partial charge on any atom is -0.398 e. The molecule has 0 saturated carbocycles. The molecule has 2 aromatic rings. The van der Waals surface area contributed by atoms with Gasteiger partial charge in [-0.25, -0.2) is 4.98 Å². The Labute approximate surface area is 95.5 Å². The summed E-state index contributed by atoms with van der Waals surface area (Å²) in [7, 11) is 0. The zero-order valence-electron chi connectivity index (χ0n) is 8.97. The third-order valence-electron chi connectivity index (χ3n) is 2.37. The Kier molecular flexibility index (Phi) is 2.57. The summed E-state index contributed by atoms with van der Waals surface area (Å²) >= 11 is 0. The molecule has 0 atom stereocenters. The smallest absolute Gasteiger partial charge is 0.398 e. The SMILES string of the molecule is Cc1ncc(-c2ccc(N)c(C(F)(F)F)c2)[nH]1.